The lowest BCUT2D eigenvalue weighted by Gasteiger charge is -2.42. The molecule has 0 aliphatic carbocycles. The average Bonchev–Trinajstić information content (AvgIpc) is 2.51. The molecule has 22 heavy (non-hydrogen) atoms. The molecular weight excluding hydrogens is 278 g/mol. The second-order valence-corrected chi connectivity index (χ2v) is 6.32. The number of fused-ring (bicyclic) bond motifs is 1. The minimum atomic E-state index is -0.418. The van der Waals surface area contributed by atoms with Crippen molar-refractivity contribution in [2.24, 2.45) is 0 Å². The molecule has 0 radical (unpaired) electrons. The molecule has 1 atom stereocenters. The highest BCUT2D eigenvalue weighted by molar-refractivity contribution is 6.18. The SMILES string of the molecule is CCCCCC[C@H]1CC(=O)C(C(=O)OCC)=C2CCCCN21. The van der Waals surface area contributed by atoms with Crippen LogP contribution in [0.3, 0.4) is 0 Å². The number of rotatable bonds is 7. The van der Waals surface area contributed by atoms with Gasteiger partial charge in [0.05, 0.1) is 6.61 Å². The fourth-order valence-electron chi connectivity index (χ4n) is 3.61. The van der Waals surface area contributed by atoms with E-state index in [1.54, 1.807) is 6.92 Å². The van der Waals surface area contributed by atoms with Crippen LogP contribution in [0.25, 0.3) is 0 Å². The molecule has 2 rings (SSSR count). The number of esters is 1. The van der Waals surface area contributed by atoms with E-state index in [-0.39, 0.29) is 11.8 Å². The molecule has 0 bridgehead atoms. The Morgan fingerprint density at radius 2 is 2.05 bits per heavy atom. The van der Waals surface area contributed by atoms with Crippen LogP contribution >= 0.6 is 0 Å². The van der Waals surface area contributed by atoms with Gasteiger partial charge in [0.1, 0.15) is 5.57 Å². The fourth-order valence-corrected chi connectivity index (χ4v) is 3.61. The quantitative estimate of drug-likeness (QED) is 0.409. The van der Waals surface area contributed by atoms with Gasteiger partial charge in [-0.3, -0.25) is 4.79 Å². The molecule has 0 amide bonds. The Labute approximate surface area is 133 Å². The zero-order valence-corrected chi connectivity index (χ0v) is 14.0. The third kappa shape index (κ3) is 3.90. The number of nitrogens with zero attached hydrogens (tertiary/aromatic N) is 1. The minimum absolute atomic E-state index is 0.00732. The Morgan fingerprint density at radius 1 is 1.23 bits per heavy atom. The number of carbonyl (C=O) groups is 2. The number of hydrogen-bond acceptors (Lipinski definition) is 4. The van der Waals surface area contributed by atoms with E-state index < -0.39 is 5.97 Å². The van der Waals surface area contributed by atoms with Crippen molar-refractivity contribution in [3.8, 4) is 0 Å². The van der Waals surface area contributed by atoms with Crippen LogP contribution in [0.15, 0.2) is 11.3 Å². The molecule has 1 fully saturated rings. The van der Waals surface area contributed by atoms with E-state index in [1.807, 2.05) is 0 Å². The first-order chi connectivity index (χ1) is 10.7. The fraction of sp³-hybridized carbons (Fsp3) is 0.778. The monoisotopic (exact) mass is 307 g/mol. The summed E-state index contributed by atoms with van der Waals surface area (Å²) in [6, 6.07) is 0.290. The molecule has 4 heteroatoms. The topological polar surface area (TPSA) is 46.6 Å². The van der Waals surface area contributed by atoms with Crippen LogP contribution in [0, 0.1) is 0 Å². The first-order valence-electron chi connectivity index (χ1n) is 8.89. The van der Waals surface area contributed by atoms with E-state index in [0.29, 0.717) is 18.6 Å². The van der Waals surface area contributed by atoms with Crippen molar-refractivity contribution in [2.75, 3.05) is 13.2 Å². The van der Waals surface area contributed by atoms with Gasteiger partial charge in [-0.05, 0) is 32.6 Å². The van der Waals surface area contributed by atoms with Crippen molar-refractivity contribution >= 4 is 11.8 Å². The predicted octanol–water partition coefficient (Wildman–Crippen LogP) is 3.60. The summed E-state index contributed by atoms with van der Waals surface area (Å²) in [5, 5.41) is 0. The van der Waals surface area contributed by atoms with Crippen LogP contribution in [0.4, 0.5) is 0 Å². The van der Waals surface area contributed by atoms with Gasteiger partial charge in [-0.25, -0.2) is 4.79 Å². The van der Waals surface area contributed by atoms with Crippen LogP contribution in [0.1, 0.15) is 71.6 Å². The molecule has 0 spiro atoms. The van der Waals surface area contributed by atoms with Crippen molar-refractivity contribution in [3.63, 3.8) is 0 Å². The Balaban J connectivity index is 2.12. The first kappa shape index (κ1) is 17.0. The smallest absolute Gasteiger partial charge is 0.343 e. The minimum Gasteiger partial charge on any atom is -0.462 e. The zero-order chi connectivity index (χ0) is 15.9. The molecule has 124 valence electrons. The number of unbranched alkanes of at least 4 members (excludes halogenated alkanes) is 3. The van der Waals surface area contributed by atoms with Gasteiger partial charge in [0.15, 0.2) is 5.78 Å². The summed E-state index contributed by atoms with van der Waals surface area (Å²) in [7, 11) is 0. The Bertz CT molecular complexity index is 442. The van der Waals surface area contributed by atoms with Crippen LogP contribution in [0.5, 0.6) is 0 Å². The highest BCUT2D eigenvalue weighted by Crippen LogP contribution is 2.34. The molecule has 2 heterocycles. The second-order valence-electron chi connectivity index (χ2n) is 6.32. The number of Topliss-reactive ketones (excluding diaryl/α,β-unsaturated/α-hetero) is 1. The summed E-state index contributed by atoms with van der Waals surface area (Å²) < 4.78 is 5.10. The largest absolute Gasteiger partial charge is 0.462 e. The summed E-state index contributed by atoms with van der Waals surface area (Å²) in [4.78, 5) is 27.0. The number of ether oxygens (including phenoxy) is 1. The van der Waals surface area contributed by atoms with E-state index in [4.69, 9.17) is 4.74 Å². The molecule has 4 nitrogen and oxygen atoms in total. The Hall–Kier alpha value is -1.32. The third-order valence-corrected chi connectivity index (χ3v) is 4.71. The summed E-state index contributed by atoms with van der Waals surface area (Å²) in [6.07, 6.45) is 9.48. The number of ketones is 1. The van der Waals surface area contributed by atoms with E-state index in [0.717, 1.165) is 37.9 Å². The zero-order valence-electron chi connectivity index (χ0n) is 14.0. The maximum atomic E-state index is 12.5. The highest BCUT2D eigenvalue weighted by atomic mass is 16.5. The summed E-state index contributed by atoms with van der Waals surface area (Å²) in [5.74, 6) is -0.425. The maximum absolute atomic E-state index is 12.5. The van der Waals surface area contributed by atoms with Gasteiger partial charge in [-0.2, -0.15) is 0 Å². The average molecular weight is 307 g/mol. The van der Waals surface area contributed by atoms with Crippen molar-refractivity contribution in [1.29, 1.82) is 0 Å². The lowest BCUT2D eigenvalue weighted by atomic mass is 9.87. The molecule has 2 aliphatic rings. The summed E-state index contributed by atoms with van der Waals surface area (Å²) in [6.45, 7) is 5.29. The number of hydrogen-bond donors (Lipinski definition) is 0. The van der Waals surface area contributed by atoms with Crippen molar-refractivity contribution in [2.45, 2.75) is 77.7 Å². The summed E-state index contributed by atoms with van der Waals surface area (Å²) in [5.41, 5.74) is 1.30. The standard InChI is InChI=1S/C18H29NO3/c1-3-5-6-7-10-14-13-16(20)17(18(21)22-4-2)15-11-8-9-12-19(14)15/h14H,3-13H2,1-2H3/t14-/m0/s1. The molecule has 0 unspecified atom stereocenters. The molecular formula is C18H29NO3. The summed E-state index contributed by atoms with van der Waals surface area (Å²) >= 11 is 0. The molecule has 0 aromatic heterocycles. The molecule has 0 aromatic rings. The lowest BCUT2D eigenvalue weighted by molar-refractivity contribution is -0.141. The van der Waals surface area contributed by atoms with Gasteiger partial charge in [-0.15, -0.1) is 0 Å². The van der Waals surface area contributed by atoms with E-state index in [2.05, 4.69) is 11.8 Å². The van der Waals surface area contributed by atoms with Crippen LogP contribution in [-0.4, -0.2) is 35.8 Å². The Kier molecular flexibility index (Phi) is 6.47. The van der Waals surface area contributed by atoms with Gasteiger partial charge < -0.3 is 9.64 Å². The molecule has 0 aromatic carbocycles. The molecule has 1 saturated heterocycles. The molecule has 0 saturated carbocycles. The lowest BCUT2D eigenvalue weighted by Crippen LogP contribution is -2.45. The van der Waals surface area contributed by atoms with Gasteiger partial charge in [0.25, 0.3) is 0 Å². The van der Waals surface area contributed by atoms with Gasteiger partial charge in [0, 0.05) is 24.7 Å². The van der Waals surface area contributed by atoms with Gasteiger partial charge in [-0.1, -0.05) is 32.6 Å². The van der Waals surface area contributed by atoms with Crippen LogP contribution < -0.4 is 0 Å². The van der Waals surface area contributed by atoms with Gasteiger partial charge in [0.2, 0.25) is 0 Å². The van der Waals surface area contributed by atoms with Crippen molar-refractivity contribution in [3.05, 3.63) is 11.3 Å². The van der Waals surface area contributed by atoms with E-state index in [1.165, 1.54) is 25.7 Å². The predicted molar refractivity (Wildman–Crippen MR) is 86.4 cm³/mol. The highest BCUT2D eigenvalue weighted by Gasteiger charge is 2.37. The van der Waals surface area contributed by atoms with Crippen LogP contribution in [0.2, 0.25) is 0 Å². The third-order valence-electron chi connectivity index (χ3n) is 4.71. The number of piperidine rings is 1. The van der Waals surface area contributed by atoms with Crippen molar-refractivity contribution < 1.29 is 14.3 Å². The normalized spacial score (nSPS) is 21.8. The first-order valence-corrected chi connectivity index (χ1v) is 8.89. The Morgan fingerprint density at radius 3 is 2.77 bits per heavy atom. The van der Waals surface area contributed by atoms with Crippen molar-refractivity contribution in [1.82, 2.24) is 4.90 Å². The van der Waals surface area contributed by atoms with E-state index >= 15 is 0 Å². The molecule has 0 N–H and O–H groups in total. The van der Waals surface area contributed by atoms with Gasteiger partial charge >= 0.3 is 5.97 Å². The maximum Gasteiger partial charge on any atom is 0.343 e. The van der Waals surface area contributed by atoms with E-state index in [9.17, 15) is 9.59 Å². The second kappa shape index (κ2) is 8.35. The van der Waals surface area contributed by atoms with Crippen LogP contribution in [-0.2, 0) is 14.3 Å². The number of carbonyl (C=O) groups excluding carboxylic acids is 2. The molecule has 2 aliphatic heterocycles. The number of allylic oxidation sites excluding steroid dienone is 1.